The molecule has 1 N–H and O–H groups in total. The van der Waals surface area contributed by atoms with E-state index in [4.69, 9.17) is 16.3 Å². The number of piperidine rings is 1. The molecule has 0 bridgehead atoms. The molecule has 0 atom stereocenters. The number of hydrogen-bond acceptors (Lipinski definition) is 6. The maximum atomic E-state index is 11.2. The number of ether oxygens (including phenoxy) is 1. The number of rotatable bonds is 3. The van der Waals surface area contributed by atoms with Gasteiger partial charge < -0.3 is 14.7 Å². The monoisotopic (exact) mass is 286 g/mol. The van der Waals surface area contributed by atoms with Gasteiger partial charge in [-0.2, -0.15) is 15.0 Å². The fourth-order valence-electron chi connectivity index (χ4n) is 1.97. The number of carboxylic acids is 1. The Morgan fingerprint density at radius 3 is 2.53 bits per heavy atom. The number of nitrogens with zero attached hydrogens (tertiary/aromatic N) is 4. The van der Waals surface area contributed by atoms with Crippen molar-refractivity contribution in [1.29, 1.82) is 0 Å². The summed E-state index contributed by atoms with van der Waals surface area (Å²) in [7, 11) is 1.45. The van der Waals surface area contributed by atoms with Crippen LogP contribution in [0.5, 0.6) is 6.01 Å². The van der Waals surface area contributed by atoms with Crippen LogP contribution in [-0.4, -0.2) is 46.2 Å². The largest absolute Gasteiger partial charge is 0.481 e. The van der Waals surface area contributed by atoms with E-state index in [0.717, 1.165) is 0 Å². The second kappa shape index (κ2) is 5.16. The molecule has 0 radical (unpaired) electrons. The van der Waals surface area contributed by atoms with Gasteiger partial charge in [-0.1, -0.05) is 0 Å². The molecule has 1 aromatic rings. The van der Waals surface area contributed by atoms with E-state index in [1.54, 1.807) is 6.92 Å². The van der Waals surface area contributed by atoms with Crippen LogP contribution in [0.3, 0.4) is 0 Å². The Morgan fingerprint density at radius 2 is 2.00 bits per heavy atom. The SMILES string of the molecule is COc1nc(Cl)nc(N2CCC(C)(C(=O)O)CC2)n1. The lowest BCUT2D eigenvalue weighted by molar-refractivity contribution is -0.149. The van der Waals surface area contributed by atoms with Gasteiger partial charge in [-0.05, 0) is 31.4 Å². The van der Waals surface area contributed by atoms with Gasteiger partial charge in [0.1, 0.15) is 0 Å². The zero-order valence-electron chi connectivity index (χ0n) is 10.8. The molecule has 1 fully saturated rings. The predicted molar refractivity (Wildman–Crippen MR) is 68.6 cm³/mol. The minimum absolute atomic E-state index is 0.0634. The maximum Gasteiger partial charge on any atom is 0.322 e. The fraction of sp³-hybridized carbons (Fsp3) is 0.636. The number of anilines is 1. The van der Waals surface area contributed by atoms with Crippen molar-refractivity contribution < 1.29 is 14.6 Å². The topological polar surface area (TPSA) is 88.4 Å². The Kier molecular flexibility index (Phi) is 3.75. The van der Waals surface area contributed by atoms with E-state index >= 15 is 0 Å². The molecular weight excluding hydrogens is 272 g/mol. The summed E-state index contributed by atoms with van der Waals surface area (Å²) in [5.41, 5.74) is -0.683. The smallest absolute Gasteiger partial charge is 0.322 e. The van der Waals surface area contributed by atoms with Crippen LogP contribution in [0.15, 0.2) is 0 Å². The third kappa shape index (κ3) is 2.86. The molecule has 0 aromatic carbocycles. The van der Waals surface area contributed by atoms with Gasteiger partial charge in [0.15, 0.2) is 0 Å². The van der Waals surface area contributed by atoms with Gasteiger partial charge in [0, 0.05) is 13.1 Å². The maximum absolute atomic E-state index is 11.2. The molecule has 0 spiro atoms. The van der Waals surface area contributed by atoms with Crippen LogP contribution >= 0.6 is 11.6 Å². The molecule has 7 nitrogen and oxygen atoms in total. The zero-order chi connectivity index (χ0) is 14.0. The number of halogens is 1. The van der Waals surface area contributed by atoms with Crippen molar-refractivity contribution in [1.82, 2.24) is 15.0 Å². The molecule has 1 aliphatic heterocycles. The molecule has 19 heavy (non-hydrogen) atoms. The van der Waals surface area contributed by atoms with Crippen molar-refractivity contribution in [3.8, 4) is 6.01 Å². The van der Waals surface area contributed by atoms with Gasteiger partial charge >= 0.3 is 12.0 Å². The summed E-state index contributed by atoms with van der Waals surface area (Å²) < 4.78 is 4.94. The highest BCUT2D eigenvalue weighted by molar-refractivity contribution is 6.28. The third-order valence-corrected chi connectivity index (χ3v) is 3.59. The summed E-state index contributed by atoms with van der Waals surface area (Å²) in [6.07, 6.45) is 1.07. The lowest BCUT2D eigenvalue weighted by atomic mass is 9.80. The minimum Gasteiger partial charge on any atom is -0.481 e. The summed E-state index contributed by atoms with van der Waals surface area (Å²) in [5, 5.41) is 9.24. The minimum atomic E-state index is -0.765. The van der Waals surface area contributed by atoms with Crippen LogP contribution in [0.1, 0.15) is 19.8 Å². The van der Waals surface area contributed by atoms with Gasteiger partial charge in [-0.3, -0.25) is 4.79 Å². The first-order valence-corrected chi connectivity index (χ1v) is 6.26. The highest BCUT2D eigenvalue weighted by Gasteiger charge is 2.37. The fourth-order valence-corrected chi connectivity index (χ4v) is 2.12. The van der Waals surface area contributed by atoms with Gasteiger partial charge in [0.2, 0.25) is 11.2 Å². The third-order valence-electron chi connectivity index (χ3n) is 3.42. The number of carboxylic acid groups (broad SMARTS) is 1. The number of hydrogen-bond donors (Lipinski definition) is 1. The Morgan fingerprint density at radius 1 is 1.37 bits per heavy atom. The lowest BCUT2D eigenvalue weighted by Crippen LogP contribution is -2.43. The summed E-state index contributed by atoms with van der Waals surface area (Å²) in [6, 6.07) is 0.154. The van der Waals surface area contributed by atoms with Crippen LogP contribution in [0, 0.1) is 5.41 Å². The van der Waals surface area contributed by atoms with E-state index in [2.05, 4.69) is 15.0 Å². The summed E-state index contributed by atoms with van der Waals surface area (Å²) >= 11 is 5.79. The van der Waals surface area contributed by atoms with Gasteiger partial charge in [-0.25, -0.2) is 0 Å². The van der Waals surface area contributed by atoms with Crippen LogP contribution in [-0.2, 0) is 4.79 Å². The normalized spacial score (nSPS) is 18.2. The van der Waals surface area contributed by atoms with Crippen molar-refractivity contribution in [3.63, 3.8) is 0 Å². The van der Waals surface area contributed by atoms with Crippen LogP contribution < -0.4 is 9.64 Å². The average molecular weight is 287 g/mol. The van der Waals surface area contributed by atoms with Gasteiger partial charge in [0.05, 0.1) is 12.5 Å². The molecule has 0 amide bonds. The number of carbonyl (C=O) groups is 1. The Hall–Kier alpha value is -1.63. The first kappa shape index (κ1) is 13.8. The number of methoxy groups -OCH3 is 1. The first-order valence-electron chi connectivity index (χ1n) is 5.88. The Labute approximate surface area is 115 Å². The highest BCUT2D eigenvalue weighted by atomic mass is 35.5. The number of aliphatic carboxylic acids is 1. The van der Waals surface area contributed by atoms with Crippen molar-refractivity contribution in [2.24, 2.45) is 5.41 Å². The molecule has 1 aromatic heterocycles. The van der Waals surface area contributed by atoms with E-state index in [1.165, 1.54) is 7.11 Å². The van der Waals surface area contributed by atoms with Crippen molar-refractivity contribution in [2.75, 3.05) is 25.1 Å². The number of aromatic nitrogens is 3. The molecule has 104 valence electrons. The predicted octanol–water partition coefficient (Wildman–Crippen LogP) is 1.22. The summed E-state index contributed by atoms with van der Waals surface area (Å²) in [5.74, 6) is -0.345. The summed E-state index contributed by atoms with van der Waals surface area (Å²) in [4.78, 5) is 25.0. The molecule has 2 heterocycles. The van der Waals surface area contributed by atoms with Gasteiger partial charge in [0.25, 0.3) is 0 Å². The van der Waals surface area contributed by atoms with Crippen LogP contribution in [0.4, 0.5) is 5.95 Å². The first-order chi connectivity index (χ1) is 8.94. The zero-order valence-corrected chi connectivity index (χ0v) is 11.5. The standard InChI is InChI=1S/C11H15ClN4O3/c1-11(7(17)18)3-5-16(6-4-11)9-13-8(12)14-10(15-9)19-2/h3-6H2,1-2H3,(H,17,18). The van der Waals surface area contributed by atoms with Gasteiger partial charge in [-0.15, -0.1) is 0 Å². The van der Waals surface area contributed by atoms with Crippen molar-refractivity contribution in [2.45, 2.75) is 19.8 Å². The molecule has 0 saturated carbocycles. The van der Waals surface area contributed by atoms with E-state index in [0.29, 0.717) is 31.9 Å². The Balaban J connectivity index is 2.13. The molecular formula is C11H15ClN4O3. The second-order valence-electron chi connectivity index (χ2n) is 4.74. The van der Waals surface area contributed by atoms with E-state index in [-0.39, 0.29) is 11.3 Å². The molecule has 0 aliphatic carbocycles. The van der Waals surface area contributed by atoms with E-state index < -0.39 is 11.4 Å². The quantitative estimate of drug-likeness (QED) is 0.894. The van der Waals surface area contributed by atoms with E-state index in [9.17, 15) is 9.90 Å². The van der Waals surface area contributed by atoms with E-state index in [1.807, 2.05) is 4.90 Å². The molecule has 1 saturated heterocycles. The lowest BCUT2D eigenvalue weighted by Gasteiger charge is -2.36. The van der Waals surface area contributed by atoms with Crippen LogP contribution in [0.25, 0.3) is 0 Å². The van der Waals surface area contributed by atoms with Crippen molar-refractivity contribution in [3.05, 3.63) is 5.28 Å². The molecule has 8 heteroatoms. The van der Waals surface area contributed by atoms with Crippen LogP contribution in [0.2, 0.25) is 5.28 Å². The Bertz CT molecular complexity index is 489. The molecule has 1 aliphatic rings. The summed E-state index contributed by atoms with van der Waals surface area (Å²) in [6.45, 7) is 2.88. The second-order valence-corrected chi connectivity index (χ2v) is 5.08. The average Bonchev–Trinajstić information content (AvgIpc) is 2.38. The highest BCUT2D eigenvalue weighted by Crippen LogP contribution is 2.32. The molecule has 2 rings (SSSR count). The molecule has 0 unspecified atom stereocenters. The van der Waals surface area contributed by atoms with Crippen molar-refractivity contribution >= 4 is 23.5 Å².